The van der Waals surface area contributed by atoms with E-state index in [1.807, 2.05) is 13.8 Å². The van der Waals surface area contributed by atoms with Crippen molar-refractivity contribution in [3.63, 3.8) is 0 Å². The van der Waals surface area contributed by atoms with Crippen molar-refractivity contribution in [2.75, 3.05) is 18.4 Å². The highest BCUT2D eigenvalue weighted by Gasteiger charge is 2.24. The van der Waals surface area contributed by atoms with Crippen LogP contribution >= 0.6 is 0 Å². The summed E-state index contributed by atoms with van der Waals surface area (Å²) in [5.41, 5.74) is 1.21. The van der Waals surface area contributed by atoms with E-state index in [1.165, 1.54) is 4.31 Å². The quantitative estimate of drug-likeness (QED) is 0.767. The molecule has 0 aliphatic heterocycles. The van der Waals surface area contributed by atoms with E-state index in [4.69, 9.17) is 0 Å². The third-order valence-electron chi connectivity index (χ3n) is 4.36. The zero-order valence-corrected chi connectivity index (χ0v) is 15.4. The number of aryl methyl sites for hydroxylation is 1. The van der Waals surface area contributed by atoms with E-state index < -0.39 is 10.0 Å². The van der Waals surface area contributed by atoms with Crippen molar-refractivity contribution < 1.29 is 13.2 Å². The molecule has 6 heteroatoms. The molecule has 0 spiro atoms. The number of hydrogen-bond donors (Lipinski definition) is 1. The van der Waals surface area contributed by atoms with Crippen LogP contribution in [0.4, 0.5) is 5.69 Å². The Hall–Kier alpha value is -1.66. The average molecular weight is 350 g/mol. The van der Waals surface area contributed by atoms with Gasteiger partial charge in [0.05, 0.1) is 4.90 Å². The number of benzene rings is 1. The van der Waals surface area contributed by atoms with Gasteiger partial charge < -0.3 is 5.32 Å². The Morgan fingerprint density at radius 2 is 2.00 bits per heavy atom. The van der Waals surface area contributed by atoms with Crippen molar-refractivity contribution in [3.8, 4) is 0 Å². The van der Waals surface area contributed by atoms with Crippen LogP contribution in [-0.2, 0) is 14.8 Å². The Morgan fingerprint density at radius 1 is 1.29 bits per heavy atom. The maximum atomic E-state index is 12.7. The lowest BCUT2D eigenvalue weighted by atomic mass is 10.1. The summed E-state index contributed by atoms with van der Waals surface area (Å²) in [5, 5.41) is 2.83. The second-order valence-electron chi connectivity index (χ2n) is 6.09. The molecule has 1 aliphatic rings. The van der Waals surface area contributed by atoms with Crippen LogP contribution in [0.25, 0.3) is 0 Å². The Bertz CT molecular complexity index is 722. The minimum Gasteiger partial charge on any atom is -0.326 e. The molecule has 5 nitrogen and oxygen atoms in total. The number of nitrogens with zero attached hydrogens (tertiary/aromatic N) is 1. The van der Waals surface area contributed by atoms with Gasteiger partial charge in [-0.2, -0.15) is 4.31 Å². The van der Waals surface area contributed by atoms with Crippen molar-refractivity contribution >= 4 is 21.6 Å². The third kappa shape index (κ3) is 4.24. The molecule has 132 valence electrons. The summed E-state index contributed by atoms with van der Waals surface area (Å²) in [6.07, 6.45) is 6.63. The SMILES string of the molecule is CCN(CC)S(=O)(=O)c1cc(NC(=O)CC2C=CCC2)ccc1C. The number of carbonyl (C=O) groups is 1. The zero-order chi connectivity index (χ0) is 17.7. The van der Waals surface area contributed by atoms with Gasteiger partial charge in [0, 0.05) is 25.2 Å². The first-order chi connectivity index (χ1) is 11.4. The topological polar surface area (TPSA) is 66.5 Å². The Kier molecular flexibility index (Phi) is 6.18. The first kappa shape index (κ1) is 18.7. The molecule has 1 atom stereocenters. The van der Waals surface area contributed by atoms with E-state index in [9.17, 15) is 13.2 Å². The van der Waals surface area contributed by atoms with Crippen LogP contribution in [-0.4, -0.2) is 31.7 Å². The van der Waals surface area contributed by atoms with E-state index in [2.05, 4.69) is 17.5 Å². The molecule has 1 unspecified atom stereocenters. The number of allylic oxidation sites excluding steroid dienone is 2. The maximum Gasteiger partial charge on any atom is 0.243 e. The van der Waals surface area contributed by atoms with Crippen molar-refractivity contribution in [1.82, 2.24) is 4.31 Å². The van der Waals surface area contributed by atoms with Gasteiger partial charge in [-0.1, -0.05) is 32.1 Å². The third-order valence-corrected chi connectivity index (χ3v) is 6.55. The molecule has 1 amide bonds. The number of sulfonamides is 1. The van der Waals surface area contributed by atoms with Crippen LogP contribution in [0, 0.1) is 12.8 Å². The fraction of sp³-hybridized carbons (Fsp3) is 0.500. The first-order valence-corrected chi connectivity index (χ1v) is 9.89. The highest BCUT2D eigenvalue weighted by atomic mass is 32.2. The van der Waals surface area contributed by atoms with Gasteiger partial charge in [-0.25, -0.2) is 8.42 Å². The molecule has 2 rings (SSSR count). The summed E-state index contributed by atoms with van der Waals surface area (Å²) in [4.78, 5) is 12.4. The number of nitrogens with one attached hydrogen (secondary N) is 1. The summed E-state index contributed by atoms with van der Waals surface area (Å²) < 4.78 is 26.9. The molecular weight excluding hydrogens is 324 g/mol. The van der Waals surface area contributed by atoms with Crippen LogP contribution in [0.2, 0.25) is 0 Å². The molecule has 24 heavy (non-hydrogen) atoms. The van der Waals surface area contributed by atoms with Gasteiger partial charge >= 0.3 is 0 Å². The van der Waals surface area contributed by atoms with Crippen molar-refractivity contribution in [2.45, 2.75) is 44.9 Å². The van der Waals surface area contributed by atoms with E-state index in [-0.39, 0.29) is 16.7 Å². The van der Waals surface area contributed by atoms with Crippen LogP contribution in [0.5, 0.6) is 0 Å². The predicted octanol–water partition coefficient (Wildman–Crippen LogP) is 3.32. The predicted molar refractivity (Wildman–Crippen MR) is 96.4 cm³/mol. The van der Waals surface area contributed by atoms with Crippen molar-refractivity contribution in [1.29, 1.82) is 0 Å². The second kappa shape index (κ2) is 7.94. The van der Waals surface area contributed by atoms with Crippen LogP contribution < -0.4 is 5.32 Å². The molecule has 1 aromatic carbocycles. The minimum atomic E-state index is -3.54. The van der Waals surface area contributed by atoms with Crippen molar-refractivity contribution in [2.24, 2.45) is 5.92 Å². The van der Waals surface area contributed by atoms with E-state index in [0.717, 1.165) is 12.8 Å². The summed E-state index contributed by atoms with van der Waals surface area (Å²) in [6.45, 7) is 6.24. The van der Waals surface area contributed by atoms with Crippen LogP contribution in [0.3, 0.4) is 0 Å². The smallest absolute Gasteiger partial charge is 0.243 e. The Morgan fingerprint density at radius 3 is 2.58 bits per heavy atom. The highest BCUT2D eigenvalue weighted by molar-refractivity contribution is 7.89. The summed E-state index contributed by atoms with van der Waals surface area (Å²) in [6, 6.07) is 5.05. The lowest BCUT2D eigenvalue weighted by Gasteiger charge is -2.20. The minimum absolute atomic E-state index is 0.0819. The molecule has 0 fully saturated rings. The van der Waals surface area contributed by atoms with Crippen LogP contribution in [0.15, 0.2) is 35.2 Å². The van der Waals surface area contributed by atoms with E-state index in [1.54, 1.807) is 25.1 Å². The summed E-state index contributed by atoms with van der Waals surface area (Å²) in [7, 11) is -3.54. The Labute approximate surface area is 144 Å². The Balaban J connectivity index is 2.18. The van der Waals surface area contributed by atoms with Gasteiger partial charge in [-0.05, 0) is 43.4 Å². The zero-order valence-electron chi connectivity index (χ0n) is 14.6. The van der Waals surface area contributed by atoms with Gasteiger partial charge in [0.15, 0.2) is 0 Å². The molecule has 1 N–H and O–H groups in total. The number of hydrogen-bond acceptors (Lipinski definition) is 3. The van der Waals surface area contributed by atoms with Gasteiger partial charge in [0.25, 0.3) is 0 Å². The monoisotopic (exact) mass is 350 g/mol. The normalized spacial score (nSPS) is 17.4. The number of amides is 1. The largest absolute Gasteiger partial charge is 0.326 e. The molecular formula is C18H26N2O3S. The van der Waals surface area contributed by atoms with Gasteiger partial charge in [-0.15, -0.1) is 0 Å². The molecule has 1 aliphatic carbocycles. The molecule has 1 aromatic rings. The lowest BCUT2D eigenvalue weighted by Crippen LogP contribution is -2.31. The van der Waals surface area contributed by atoms with E-state index in [0.29, 0.717) is 30.8 Å². The molecule has 0 bridgehead atoms. The summed E-state index contributed by atoms with van der Waals surface area (Å²) >= 11 is 0. The second-order valence-corrected chi connectivity index (χ2v) is 7.99. The lowest BCUT2D eigenvalue weighted by molar-refractivity contribution is -0.116. The van der Waals surface area contributed by atoms with Crippen molar-refractivity contribution in [3.05, 3.63) is 35.9 Å². The fourth-order valence-corrected chi connectivity index (χ4v) is 4.68. The van der Waals surface area contributed by atoms with Gasteiger partial charge in [-0.3, -0.25) is 4.79 Å². The molecule has 0 saturated carbocycles. The first-order valence-electron chi connectivity index (χ1n) is 8.45. The van der Waals surface area contributed by atoms with Gasteiger partial charge in [0.2, 0.25) is 15.9 Å². The molecule has 0 radical (unpaired) electrons. The molecule has 0 aromatic heterocycles. The van der Waals surface area contributed by atoms with Crippen LogP contribution in [0.1, 0.15) is 38.7 Å². The fourth-order valence-electron chi connectivity index (χ4n) is 2.97. The standard InChI is InChI=1S/C18H26N2O3S/c1-4-20(5-2)24(22,23)17-13-16(11-10-14(17)3)19-18(21)12-15-8-6-7-9-15/h6,8,10-11,13,15H,4-5,7,9,12H2,1-3H3,(H,19,21). The summed E-state index contributed by atoms with van der Waals surface area (Å²) in [5.74, 6) is 0.205. The maximum absolute atomic E-state index is 12.7. The number of anilines is 1. The number of rotatable bonds is 7. The molecule has 0 saturated heterocycles. The average Bonchev–Trinajstić information content (AvgIpc) is 3.02. The van der Waals surface area contributed by atoms with Gasteiger partial charge in [0.1, 0.15) is 0 Å². The highest BCUT2D eigenvalue weighted by Crippen LogP contribution is 2.25. The number of carbonyl (C=O) groups excluding carboxylic acids is 1. The van der Waals surface area contributed by atoms with E-state index >= 15 is 0 Å². The molecule has 0 heterocycles.